The van der Waals surface area contributed by atoms with Crippen LogP contribution in [0, 0.1) is 0 Å². The molecular weight excluding hydrogens is 404 g/mol. The summed E-state index contributed by atoms with van der Waals surface area (Å²) in [5, 5.41) is 11.0. The van der Waals surface area contributed by atoms with Crippen molar-refractivity contribution in [2.24, 2.45) is 0 Å². The minimum absolute atomic E-state index is 0.0109. The van der Waals surface area contributed by atoms with Crippen LogP contribution in [-0.4, -0.2) is 10.9 Å². The molecule has 2 rings (SSSR count). The smallest absolute Gasteiger partial charge is 0.163 e. The van der Waals surface area contributed by atoms with Crippen molar-refractivity contribution >= 4 is 5.78 Å². The van der Waals surface area contributed by atoms with Gasteiger partial charge in [0.05, 0.1) is 0 Å². The number of benzene rings is 2. The summed E-state index contributed by atoms with van der Waals surface area (Å²) >= 11 is 0. The van der Waals surface area contributed by atoms with E-state index in [4.69, 9.17) is 0 Å². The molecule has 0 fully saturated rings. The zero-order valence-corrected chi connectivity index (χ0v) is 23.2. The van der Waals surface area contributed by atoms with E-state index in [0.717, 1.165) is 11.1 Å². The second kappa shape index (κ2) is 8.93. The van der Waals surface area contributed by atoms with Crippen LogP contribution in [0.1, 0.15) is 128 Å². The van der Waals surface area contributed by atoms with Gasteiger partial charge in [-0.25, -0.2) is 0 Å². The summed E-state index contributed by atoms with van der Waals surface area (Å²) in [5.74, 6) is 0.449. The number of rotatable bonds is 4. The molecule has 0 spiro atoms. The molecular formula is C31H46O2. The Labute approximate surface area is 202 Å². The van der Waals surface area contributed by atoms with E-state index in [9.17, 15) is 9.90 Å². The molecule has 0 bridgehead atoms. The highest BCUT2D eigenvalue weighted by molar-refractivity contribution is 5.97. The number of Topliss-reactive ketones (excluding diaryl/α,β-unsaturated/α-hetero) is 1. The van der Waals surface area contributed by atoms with Gasteiger partial charge in [0.25, 0.3) is 0 Å². The molecule has 182 valence electrons. The summed E-state index contributed by atoms with van der Waals surface area (Å²) < 4.78 is 0. The summed E-state index contributed by atoms with van der Waals surface area (Å²) in [5.41, 5.74) is 5.87. The van der Waals surface area contributed by atoms with Crippen LogP contribution in [0.5, 0.6) is 5.75 Å². The number of aryl methyl sites for hydroxylation is 1. The Bertz CT molecular complexity index is 978. The molecule has 2 heteroatoms. The molecule has 0 atom stereocenters. The van der Waals surface area contributed by atoms with Crippen molar-refractivity contribution in [2.75, 3.05) is 0 Å². The maximum absolute atomic E-state index is 13.4. The van der Waals surface area contributed by atoms with Crippen molar-refractivity contribution in [3.8, 4) is 5.75 Å². The van der Waals surface area contributed by atoms with Crippen molar-refractivity contribution in [1.29, 1.82) is 0 Å². The zero-order chi connectivity index (χ0) is 25.6. The van der Waals surface area contributed by atoms with Gasteiger partial charge in [-0.2, -0.15) is 0 Å². The third kappa shape index (κ3) is 6.49. The van der Waals surface area contributed by atoms with Crippen LogP contribution in [0.3, 0.4) is 0 Å². The van der Waals surface area contributed by atoms with E-state index < -0.39 is 0 Å². The number of carbonyl (C=O) groups is 1. The molecule has 33 heavy (non-hydrogen) atoms. The molecule has 1 N–H and O–H groups in total. The summed E-state index contributed by atoms with van der Waals surface area (Å²) in [4.78, 5) is 13.4. The third-order valence-electron chi connectivity index (χ3n) is 6.45. The van der Waals surface area contributed by atoms with Crippen molar-refractivity contribution in [2.45, 2.75) is 118 Å². The molecule has 0 saturated heterocycles. The molecule has 2 nitrogen and oxygen atoms in total. The first-order chi connectivity index (χ1) is 14.7. The van der Waals surface area contributed by atoms with E-state index in [0.29, 0.717) is 24.2 Å². The van der Waals surface area contributed by atoms with Gasteiger partial charge in [-0.05, 0) is 56.9 Å². The van der Waals surface area contributed by atoms with Crippen molar-refractivity contribution in [3.63, 3.8) is 0 Å². The largest absolute Gasteiger partial charge is 0.507 e. The quantitative estimate of drug-likeness (QED) is 0.475. The molecule has 0 unspecified atom stereocenters. The molecule has 0 amide bonds. The first kappa shape index (κ1) is 27.2. The standard InChI is InChI=1S/C31H46O2/c1-28(2,3)22-15-13-20(23(19-22)29(4,5)6)14-16-26(32)21-17-24(30(7,8)9)27(33)25(18-21)31(10,11)12/h13,15,17-19,33H,14,16H2,1-12H3. The SMILES string of the molecule is CC(C)(C)c1ccc(CCC(=O)c2cc(C(C)(C)C)c(O)c(C(C)(C)C)c2)c(C(C)(C)C)c1. The fourth-order valence-electron chi connectivity index (χ4n) is 4.29. The van der Waals surface area contributed by atoms with Crippen LogP contribution in [0.4, 0.5) is 0 Å². The van der Waals surface area contributed by atoms with Crippen molar-refractivity contribution in [3.05, 3.63) is 63.7 Å². The van der Waals surface area contributed by atoms with Gasteiger partial charge >= 0.3 is 0 Å². The van der Waals surface area contributed by atoms with E-state index in [2.05, 4.69) is 101 Å². The molecule has 0 radical (unpaired) electrons. The number of ketones is 1. The first-order valence-electron chi connectivity index (χ1n) is 12.3. The molecule has 2 aromatic carbocycles. The average molecular weight is 451 g/mol. The predicted molar refractivity (Wildman–Crippen MR) is 142 cm³/mol. The minimum atomic E-state index is -0.247. The Balaban J connectivity index is 2.44. The molecule has 2 aromatic rings. The summed E-state index contributed by atoms with van der Waals surface area (Å²) in [7, 11) is 0. The second-order valence-electron chi connectivity index (χ2n) is 13.7. The number of aromatic hydroxyl groups is 1. The molecule has 0 aliphatic rings. The van der Waals surface area contributed by atoms with E-state index in [1.54, 1.807) is 0 Å². The lowest BCUT2D eigenvalue weighted by Gasteiger charge is -2.28. The number of phenolic OH excluding ortho intramolecular Hbond substituents is 1. The lowest BCUT2D eigenvalue weighted by molar-refractivity contribution is 0.0982. The van der Waals surface area contributed by atoms with Gasteiger partial charge < -0.3 is 5.11 Å². The number of carbonyl (C=O) groups excluding carboxylic acids is 1. The van der Waals surface area contributed by atoms with Gasteiger partial charge in [0.15, 0.2) is 5.78 Å². The fraction of sp³-hybridized carbons (Fsp3) is 0.581. The normalized spacial score (nSPS) is 13.3. The van der Waals surface area contributed by atoms with Crippen molar-refractivity contribution < 1.29 is 9.90 Å². The fourth-order valence-corrected chi connectivity index (χ4v) is 4.29. The molecule has 0 aliphatic carbocycles. The lowest BCUT2D eigenvalue weighted by atomic mass is 9.77. The van der Waals surface area contributed by atoms with Crippen LogP contribution in [-0.2, 0) is 28.1 Å². The number of hydrogen-bond donors (Lipinski definition) is 1. The lowest BCUT2D eigenvalue weighted by Crippen LogP contribution is -2.20. The highest BCUT2D eigenvalue weighted by Crippen LogP contribution is 2.40. The Kier molecular flexibility index (Phi) is 7.35. The Hall–Kier alpha value is -2.09. The van der Waals surface area contributed by atoms with E-state index in [-0.39, 0.29) is 27.4 Å². The van der Waals surface area contributed by atoms with Gasteiger partial charge in [-0.15, -0.1) is 0 Å². The molecule has 0 aliphatic heterocycles. The highest BCUT2D eigenvalue weighted by Gasteiger charge is 2.28. The molecule has 0 saturated carbocycles. The topological polar surface area (TPSA) is 37.3 Å². The third-order valence-corrected chi connectivity index (χ3v) is 6.45. The summed E-state index contributed by atoms with van der Waals surface area (Å²) in [6, 6.07) is 10.6. The van der Waals surface area contributed by atoms with E-state index in [1.165, 1.54) is 16.7 Å². The maximum atomic E-state index is 13.4. The zero-order valence-electron chi connectivity index (χ0n) is 23.2. The van der Waals surface area contributed by atoms with E-state index >= 15 is 0 Å². The van der Waals surface area contributed by atoms with Crippen LogP contribution >= 0.6 is 0 Å². The Morgan fingerprint density at radius 2 is 1.12 bits per heavy atom. The van der Waals surface area contributed by atoms with E-state index in [1.807, 2.05) is 12.1 Å². The summed E-state index contributed by atoms with van der Waals surface area (Å²) in [6.45, 7) is 25.9. The first-order valence-corrected chi connectivity index (χ1v) is 12.3. The highest BCUT2D eigenvalue weighted by atomic mass is 16.3. The van der Waals surface area contributed by atoms with Crippen LogP contribution in [0.15, 0.2) is 30.3 Å². The molecule has 0 heterocycles. The van der Waals surface area contributed by atoms with Crippen LogP contribution in [0.2, 0.25) is 0 Å². The average Bonchev–Trinajstić information content (AvgIpc) is 2.62. The maximum Gasteiger partial charge on any atom is 0.163 e. The Morgan fingerprint density at radius 1 is 0.667 bits per heavy atom. The van der Waals surface area contributed by atoms with Crippen LogP contribution in [0.25, 0.3) is 0 Å². The summed E-state index contributed by atoms with van der Waals surface area (Å²) in [6.07, 6.45) is 1.17. The van der Waals surface area contributed by atoms with Crippen molar-refractivity contribution in [1.82, 2.24) is 0 Å². The predicted octanol–water partition coefficient (Wildman–Crippen LogP) is 8.40. The number of phenols is 1. The van der Waals surface area contributed by atoms with Gasteiger partial charge in [0.1, 0.15) is 5.75 Å². The second-order valence-corrected chi connectivity index (χ2v) is 13.7. The molecule has 0 aromatic heterocycles. The van der Waals surface area contributed by atoms with Gasteiger partial charge in [-0.1, -0.05) is 101 Å². The van der Waals surface area contributed by atoms with Gasteiger partial charge in [-0.3, -0.25) is 4.79 Å². The van der Waals surface area contributed by atoms with Crippen LogP contribution < -0.4 is 0 Å². The Morgan fingerprint density at radius 3 is 1.52 bits per heavy atom. The minimum Gasteiger partial charge on any atom is -0.507 e. The van der Waals surface area contributed by atoms with Gasteiger partial charge in [0.2, 0.25) is 0 Å². The van der Waals surface area contributed by atoms with Gasteiger partial charge in [0, 0.05) is 23.1 Å². The number of hydrogen-bond acceptors (Lipinski definition) is 2. The monoisotopic (exact) mass is 450 g/mol.